The Hall–Kier alpha value is -0.120. The molecule has 0 aromatic rings. The zero-order chi connectivity index (χ0) is 12.5. The summed E-state index contributed by atoms with van der Waals surface area (Å²) < 4.78 is 0. The monoisotopic (exact) mass is 241 g/mol. The van der Waals surface area contributed by atoms with Gasteiger partial charge in [-0.25, -0.2) is 0 Å². The van der Waals surface area contributed by atoms with E-state index >= 15 is 0 Å². The number of hydrogen-bond donors (Lipinski definition) is 1. The molecule has 1 fully saturated rings. The van der Waals surface area contributed by atoms with Gasteiger partial charge in [0.1, 0.15) is 0 Å². The van der Waals surface area contributed by atoms with Crippen LogP contribution in [0.3, 0.4) is 0 Å². The molecule has 1 aliphatic heterocycles. The van der Waals surface area contributed by atoms with E-state index in [0.717, 1.165) is 6.04 Å². The van der Waals surface area contributed by atoms with Gasteiger partial charge in [0.2, 0.25) is 0 Å². The summed E-state index contributed by atoms with van der Waals surface area (Å²) >= 11 is 0. The van der Waals surface area contributed by atoms with E-state index in [0.29, 0.717) is 0 Å². The van der Waals surface area contributed by atoms with Crippen molar-refractivity contribution in [1.29, 1.82) is 0 Å². The average Bonchev–Trinajstić information content (AvgIpc) is 2.39. The molecule has 0 atom stereocenters. The topological polar surface area (TPSA) is 18.5 Å². The van der Waals surface area contributed by atoms with Crippen molar-refractivity contribution in [2.45, 2.75) is 46.1 Å². The second-order valence-corrected chi connectivity index (χ2v) is 5.04. The van der Waals surface area contributed by atoms with Crippen LogP contribution in [-0.4, -0.2) is 61.7 Å². The first-order valence-corrected chi connectivity index (χ1v) is 7.48. The summed E-state index contributed by atoms with van der Waals surface area (Å²) in [5.41, 5.74) is 0. The van der Waals surface area contributed by atoms with Crippen molar-refractivity contribution in [3.05, 3.63) is 0 Å². The lowest BCUT2D eigenvalue weighted by atomic mass is 10.0. The fourth-order valence-corrected chi connectivity index (χ4v) is 2.75. The molecule has 0 saturated carbocycles. The molecule has 0 unspecified atom stereocenters. The molecule has 0 bridgehead atoms. The molecule has 0 aromatic heterocycles. The molecule has 3 heteroatoms. The molecule has 0 radical (unpaired) electrons. The number of likely N-dealkylation sites (N-methyl/N-ethyl adjacent to an activating group) is 1. The van der Waals surface area contributed by atoms with E-state index in [-0.39, 0.29) is 0 Å². The van der Waals surface area contributed by atoms with Crippen molar-refractivity contribution in [2.75, 3.05) is 45.8 Å². The van der Waals surface area contributed by atoms with Crippen LogP contribution in [0.2, 0.25) is 0 Å². The predicted molar refractivity (Wildman–Crippen MR) is 75.5 cm³/mol. The van der Waals surface area contributed by atoms with Gasteiger partial charge in [-0.15, -0.1) is 0 Å². The first kappa shape index (κ1) is 14.9. The average molecular weight is 241 g/mol. The van der Waals surface area contributed by atoms with E-state index in [9.17, 15) is 0 Å². The van der Waals surface area contributed by atoms with Gasteiger partial charge in [-0.3, -0.25) is 4.90 Å². The predicted octanol–water partition coefficient (Wildman–Crippen LogP) is 1.79. The minimum absolute atomic E-state index is 0.826. The fourth-order valence-electron chi connectivity index (χ4n) is 2.75. The van der Waals surface area contributed by atoms with Gasteiger partial charge in [-0.1, -0.05) is 20.8 Å². The van der Waals surface area contributed by atoms with Crippen LogP contribution >= 0.6 is 0 Å². The Morgan fingerprint density at radius 2 is 1.59 bits per heavy atom. The third-order valence-electron chi connectivity index (χ3n) is 3.93. The van der Waals surface area contributed by atoms with Gasteiger partial charge in [0.05, 0.1) is 0 Å². The molecule has 1 saturated heterocycles. The molecule has 1 heterocycles. The van der Waals surface area contributed by atoms with Crippen LogP contribution in [0.15, 0.2) is 0 Å². The van der Waals surface area contributed by atoms with Gasteiger partial charge in [0.25, 0.3) is 0 Å². The number of piperidine rings is 1. The molecule has 1 aliphatic rings. The molecule has 3 nitrogen and oxygen atoms in total. The lowest BCUT2D eigenvalue weighted by Crippen LogP contribution is -2.46. The maximum Gasteiger partial charge on any atom is 0.0120 e. The summed E-state index contributed by atoms with van der Waals surface area (Å²) in [4.78, 5) is 5.25. The minimum Gasteiger partial charge on any atom is -0.317 e. The molecule has 0 aromatic carbocycles. The molecular formula is C14H31N3. The van der Waals surface area contributed by atoms with Gasteiger partial charge < -0.3 is 10.2 Å². The number of nitrogens with one attached hydrogen (secondary N) is 1. The third-order valence-corrected chi connectivity index (χ3v) is 3.93. The maximum atomic E-state index is 3.46. The standard InChI is InChI=1S/C14H31N3/c1-4-11-17(13-12-16(5-2)6-3)14-7-9-15-10-8-14/h14-15H,4-13H2,1-3H3. The summed E-state index contributed by atoms with van der Waals surface area (Å²) in [6.07, 6.45) is 3.94. The Labute approximate surface area is 108 Å². The van der Waals surface area contributed by atoms with Crippen LogP contribution in [0.1, 0.15) is 40.0 Å². The maximum absolute atomic E-state index is 3.46. The van der Waals surface area contributed by atoms with Crippen LogP contribution in [0.4, 0.5) is 0 Å². The van der Waals surface area contributed by atoms with Crippen molar-refractivity contribution in [1.82, 2.24) is 15.1 Å². The van der Waals surface area contributed by atoms with Crippen LogP contribution in [0.5, 0.6) is 0 Å². The highest BCUT2D eigenvalue weighted by molar-refractivity contribution is 4.78. The van der Waals surface area contributed by atoms with Crippen molar-refractivity contribution in [2.24, 2.45) is 0 Å². The van der Waals surface area contributed by atoms with Gasteiger partial charge in [0, 0.05) is 19.1 Å². The molecule has 0 spiro atoms. The fraction of sp³-hybridized carbons (Fsp3) is 1.00. The smallest absolute Gasteiger partial charge is 0.0120 e. The number of hydrogen-bond acceptors (Lipinski definition) is 3. The van der Waals surface area contributed by atoms with Gasteiger partial charge in [0.15, 0.2) is 0 Å². The van der Waals surface area contributed by atoms with Crippen molar-refractivity contribution >= 4 is 0 Å². The first-order chi connectivity index (χ1) is 8.31. The van der Waals surface area contributed by atoms with Crippen molar-refractivity contribution in [3.63, 3.8) is 0 Å². The summed E-state index contributed by atoms with van der Waals surface area (Å²) in [7, 11) is 0. The third kappa shape index (κ3) is 5.36. The quantitative estimate of drug-likeness (QED) is 0.699. The Morgan fingerprint density at radius 3 is 2.12 bits per heavy atom. The number of nitrogens with zero attached hydrogens (tertiary/aromatic N) is 2. The van der Waals surface area contributed by atoms with Crippen molar-refractivity contribution in [3.8, 4) is 0 Å². The normalized spacial score (nSPS) is 18.2. The Morgan fingerprint density at radius 1 is 0.941 bits per heavy atom. The summed E-state index contributed by atoms with van der Waals surface area (Å²) in [5, 5.41) is 3.46. The summed E-state index contributed by atoms with van der Waals surface area (Å²) in [5.74, 6) is 0. The molecule has 0 amide bonds. The Balaban J connectivity index is 2.35. The van der Waals surface area contributed by atoms with Crippen LogP contribution in [0.25, 0.3) is 0 Å². The van der Waals surface area contributed by atoms with E-state index in [1.54, 1.807) is 0 Å². The van der Waals surface area contributed by atoms with Gasteiger partial charge in [-0.2, -0.15) is 0 Å². The van der Waals surface area contributed by atoms with Crippen molar-refractivity contribution < 1.29 is 0 Å². The van der Waals surface area contributed by atoms with E-state index in [1.807, 2.05) is 0 Å². The number of rotatable bonds is 8. The summed E-state index contributed by atoms with van der Waals surface area (Å²) in [6, 6.07) is 0.826. The Kier molecular flexibility index (Phi) is 7.82. The Bertz CT molecular complexity index is 174. The second-order valence-electron chi connectivity index (χ2n) is 5.04. The SMILES string of the molecule is CCCN(CCN(CC)CC)C1CCNCC1. The highest BCUT2D eigenvalue weighted by Gasteiger charge is 2.20. The van der Waals surface area contributed by atoms with Gasteiger partial charge in [-0.05, 0) is 52.0 Å². The van der Waals surface area contributed by atoms with E-state index < -0.39 is 0 Å². The molecule has 102 valence electrons. The largest absolute Gasteiger partial charge is 0.317 e. The molecule has 0 aliphatic carbocycles. The highest BCUT2D eigenvalue weighted by atomic mass is 15.2. The van der Waals surface area contributed by atoms with E-state index in [2.05, 4.69) is 35.9 Å². The lowest BCUT2D eigenvalue weighted by molar-refractivity contribution is 0.140. The lowest BCUT2D eigenvalue weighted by Gasteiger charge is -2.35. The van der Waals surface area contributed by atoms with Crippen LogP contribution in [0, 0.1) is 0 Å². The van der Waals surface area contributed by atoms with Crippen LogP contribution in [-0.2, 0) is 0 Å². The van der Waals surface area contributed by atoms with E-state index in [1.165, 1.54) is 65.1 Å². The molecule has 1 N–H and O–H groups in total. The van der Waals surface area contributed by atoms with E-state index in [4.69, 9.17) is 0 Å². The first-order valence-electron chi connectivity index (χ1n) is 7.48. The molecular weight excluding hydrogens is 210 g/mol. The molecule has 17 heavy (non-hydrogen) atoms. The van der Waals surface area contributed by atoms with Crippen LogP contribution < -0.4 is 5.32 Å². The van der Waals surface area contributed by atoms with Gasteiger partial charge >= 0.3 is 0 Å². The minimum atomic E-state index is 0.826. The highest BCUT2D eigenvalue weighted by Crippen LogP contribution is 2.12. The summed E-state index contributed by atoms with van der Waals surface area (Å²) in [6.45, 7) is 15.3. The zero-order valence-electron chi connectivity index (χ0n) is 12.0. The zero-order valence-corrected chi connectivity index (χ0v) is 12.0. The molecule has 1 rings (SSSR count). The second kappa shape index (κ2) is 8.90.